The van der Waals surface area contributed by atoms with Crippen molar-refractivity contribution >= 4 is 5.91 Å². The molecule has 2 aromatic carbocycles. The van der Waals surface area contributed by atoms with Crippen LogP contribution in [-0.4, -0.2) is 35.5 Å². The van der Waals surface area contributed by atoms with Crippen LogP contribution in [-0.2, 0) is 24.2 Å². The molecule has 5 heteroatoms. The van der Waals surface area contributed by atoms with Crippen molar-refractivity contribution in [3.63, 3.8) is 0 Å². The fourth-order valence-electron chi connectivity index (χ4n) is 3.77. The summed E-state index contributed by atoms with van der Waals surface area (Å²) in [7, 11) is 0. The molecule has 0 atom stereocenters. The highest BCUT2D eigenvalue weighted by atomic mass is 16.6. The fraction of sp³-hybridized carbons (Fsp3) is 0.308. The van der Waals surface area contributed by atoms with Crippen molar-refractivity contribution in [2.45, 2.75) is 32.2 Å². The van der Waals surface area contributed by atoms with Gasteiger partial charge in [-0.15, -0.1) is 0 Å². The van der Waals surface area contributed by atoms with Gasteiger partial charge in [-0.05, 0) is 54.2 Å². The van der Waals surface area contributed by atoms with Crippen molar-refractivity contribution < 1.29 is 14.3 Å². The minimum atomic E-state index is 0.159. The average Bonchev–Trinajstić information content (AvgIpc) is 2.83. The highest BCUT2D eigenvalue weighted by Gasteiger charge is 2.17. The maximum atomic E-state index is 13.1. The Labute approximate surface area is 183 Å². The molecule has 1 aliphatic rings. The lowest BCUT2D eigenvalue weighted by Gasteiger charge is -2.24. The van der Waals surface area contributed by atoms with E-state index in [0.29, 0.717) is 32.6 Å². The van der Waals surface area contributed by atoms with E-state index >= 15 is 0 Å². The molecule has 160 valence electrons. The summed E-state index contributed by atoms with van der Waals surface area (Å²) in [5.74, 6) is 1.69. The molecule has 0 bridgehead atoms. The van der Waals surface area contributed by atoms with Gasteiger partial charge in [0.05, 0.1) is 0 Å². The molecule has 4 rings (SSSR count). The summed E-state index contributed by atoms with van der Waals surface area (Å²) in [6.07, 6.45) is 6.63. The van der Waals surface area contributed by atoms with E-state index in [-0.39, 0.29) is 5.91 Å². The van der Waals surface area contributed by atoms with Crippen molar-refractivity contribution in [2.75, 3.05) is 19.8 Å². The quantitative estimate of drug-likeness (QED) is 0.517. The Morgan fingerprint density at radius 1 is 0.871 bits per heavy atom. The van der Waals surface area contributed by atoms with Crippen LogP contribution >= 0.6 is 0 Å². The molecule has 0 saturated heterocycles. The zero-order valence-corrected chi connectivity index (χ0v) is 17.7. The minimum Gasteiger partial charge on any atom is -0.486 e. The van der Waals surface area contributed by atoms with Gasteiger partial charge in [0.25, 0.3) is 0 Å². The van der Waals surface area contributed by atoms with Crippen LogP contribution in [0.3, 0.4) is 0 Å². The normalized spacial score (nSPS) is 12.4. The third-order valence-corrected chi connectivity index (χ3v) is 5.42. The number of rotatable bonds is 9. The predicted octanol–water partition coefficient (Wildman–Crippen LogP) is 4.45. The first kappa shape index (κ1) is 20.9. The lowest BCUT2D eigenvalue weighted by molar-refractivity contribution is -0.131. The van der Waals surface area contributed by atoms with E-state index in [1.54, 1.807) is 6.20 Å². The number of ether oxygens (including phenoxy) is 2. The first-order valence-electron chi connectivity index (χ1n) is 10.9. The number of amides is 1. The molecule has 0 unspecified atom stereocenters. The maximum absolute atomic E-state index is 13.1. The first-order valence-corrected chi connectivity index (χ1v) is 10.9. The third-order valence-electron chi connectivity index (χ3n) is 5.42. The molecule has 5 nitrogen and oxygen atoms in total. The van der Waals surface area contributed by atoms with Crippen LogP contribution in [0.5, 0.6) is 11.5 Å². The Balaban J connectivity index is 1.41. The molecule has 0 aliphatic carbocycles. The van der Waals surface area contributed by atoms with Crippen LogP contribution < -0.4 is 9.47 Å². The second-order valence-electron chi connectivity index (χ2n) is 7.74. The molecule has 31 heavy (non-hydrogen) atoms. The van der Waals surface area contributed by atoms with E-state index in [9.17, 15) is 4.79 Å². The number of carbonyl (C=O) groups excluding carboxylic acids is 1. The van der Waals surface area contributed by atoms with Gasteiger partial charge < -0.3 is 14.4 Å². The van der Waals surface area contributed by atoms with Gasteiger partial charge in [-0.25, -0.2) is 0 Å². The number of benzene rings is 2. The monoisotopic (exact) mass is 416 g/mol. The summed E-state index contributed by atoms with van der Waals surface area (Å²) < 4.78 is 11.3. The fourth-order valence-corrected chi connectivity index (χ4v) is 3.77. The molecular weight excluding hydrogens is 388 g/mol. The van der Waals surface area contributed by atoms with Crippen LogP contribution in [0.15, 0.2) is 73.1 Å². The van der Waals surface area contributed by atoms with Crippen LogP contribution in [0.25, 0.3) is 0 Å². The molecule has 2 heterocycles. The zero-order chi connectivity index (χ0) is 21.3. The van der Waals surface area contributed by atoms with E-state index in [1.807, 2.05) is 47.5 Å². The molecule has 1 amide bonds. The molecule has 0 fully saturated rings. The van der Waals surface area contributed by atoms with Gasteiger partial charge in [-0.2, -0.15) is 0 Å². The standard InChI is InChI=1S/C26H28N2O3/c29-26(13-11-22-8-4-14-27-19-22)28(15-5-9-21-6-2-1-3-7-21)20-23-10-12-24-25(18-23)31-17-16-30-24/h1-4,6-8,10,12,14,18-19H,5,9,11,13,15-17,20H2. The molecule has 0 spiro atoms. The second-order valence-corrected chi connectivity index (χ2v) is 7.74. The van der Waals surface area contributed by atoms with E-state index in [1.165, 1.54) is 5.56 Å². The van der Waals surface area contributed by atoms with Gasteiger partial charge in [0, 0.05) is 31.9 Å². The maximum Gasteiger partial charge on any atom is 0.223 e. The van der Waals surface area contributed by atoms with Crippen LogP contribution in [0, 0.1) is 0 Å². The first-order chi connectivity index (χ1) is 15.3. The van der Waals surface area contributed by atoms with Crippen LogP contribution in [0.1, 0.15) is 29.5 Å². The molecule has 3 aromatic rings. The molecule has 1 aromatic heterocycles. The Bertz CT molecular complexity index is 976. The van der Waals surface area contributed by atoms with Gasteiger partial charge >= 0.3 is 0 Å². The topological polar surface area (TPSA) is 51.7 Å². The van der Waals surface area contributed by atoms with E-state index in [2.05, 4.69) is 29.2 Å². The van der Waals surface area contributed by atoms with E-state index in [4.69, 9.17) is 9.47 Å². The Hall–Kier alpha value is -3.34. The summed E-state index contributed by atoms with van der Waals surface area (Å²) in [6.45, 7) is 2.42. The SMILES string of the molecule is O=C(CCc1cccnc1)N(CCCc1ccccc1)Cc1ccc2c(c1)OCCO2. The predicted molar refractivity (Wildman–Crippen MR) is 120 cm³/mol. The Morgan fingerprint density at radius 3 is 2.48 bits per heavy atom. The highest BCUT2D eigenvalue weighted by Crippen LogP contribution is 2.31. The van der Waals surface area contributed by atoms with Crippen molar-refractivity contribution in [1.82, 2.24) is 9.88 Å². The number of pyridine rings is 1. The largest absolute Gasteiger partial charge is 0.486 e. The van der Waals surface area contributed by atoms with E-state index in [0.717, 1.165) is 42.0 Å². The molecule has 0 radical (unpaired) electrons. The smallest absolute Gasteiger partial charge is 0.223 e. The van der Waals surface area contributed by atoms with Crippen molar-refractivity contribution in [3.05, 3.63) is 89.7 Å². The highest BCUT2D eigenvalue weighted by molar-refractivity contribution is 5.76. The van der Waals surface area contributed by atoms with Crippen LogP contribution in [0.2, 0.25) is 0 Å². The van der Waals surface area contributed by atoms with Gasteiger partial charge in [-0.1, -0.05) is 42.5 Å². The lowest BCUT2D eigenvalue weighted by atomic mass is 10.1. The molecule has 1 aliphatic heterocycles. The van der Waals surface area contributed by atoms with E-state index < -0.39 is 0 Å². The second kappa shape index (κ2) is 10.6. The van der Waals surface area contributed by atoms with Gasteiger partial charge in [0.2, 0.25) is 5.91 Å². The number of hydrogen-bond acceptors (Lipinski definition) is 4. The molecular formula is C26H28N2O3. The number of nitrogens with zero attached hydrogens (tertiary/aromatic N) is 2. The van der Waals surface area contributed by atoms with Crippen molar-refractivity contribution in [3.8, 4) is 11.5 Å². The number of hydrogen-bond donors (Lipinski definition) is 0. The summed E-state index contributed by atoms with van der Waals surface area (Å²) in [6, 6.07) is 20.3. The minimum absolute atomic E-state index is 0.159. The lowest BCUT2D eigenvalue weighted by Crippen LogP contribution is -2.32. The third kappa shape index (κ3) is 6.07. The van der Waals surface area contributed by atoms with Gasteiger partial charge in [-0.3, -0.25) is 9.78 Å². The number of fused-ring (bicyclic) bond motifs is 1. The molecule has 0 saturated carbocycles. The van der Waals surface area contributed by atoms with Gasteiger partial charge in [0.15, 0.2) is 11.5 Å². The summed E-state index contributed by atoms with van der Waals surface area (Å²) in [5, 5.41) is 0. The van der Waals surface area contributed by atoms with Gasteiger partial charge in [0.1, 0.15) is 13.2 Å². The van der Waals surface area contributed by atoms with Crippen molar-refractivity contribution in [1.29, 1.82) is 0 Å². The summed E-state index contributed by atoms with van der Waals surface area (Å²) >= 11 is 0. The Morgan fingerprint density at radius 2 is 1.68 bits per heavy atom. The molecule has 0 N–H and O–H groups in total. The summed E-state index contributed by atoms with van der Waals surface area (Å²) in [5.41, 5.74) is 3.43. The zero-order valence-electron chi connectivity index (χ0n) is 17.7. The Kier molecular flexibility index (Phi) is 7.16. The van der Waals surface area contributed by atoms with Crippen LogP contribution in [0.4, 0.5) is 0 Å². The number of aryl methyl sites for hydroxylation is 2. The average molecular weight is 417 g/mol. The number of aromatic nitrogens is 1. The van der Waals surface area contributed by atoms with Crippen molar-refractivity contribution in [2.24, 2.45) is 0 Å². The number of carbonyl (C=O) groups is 1. The summed E-state index contributed by atoms with van der Waals surface area (Å²) in [4.78, 5) is 19.2.